The molecule has 0 spiro atoms. The average Bonchev–Trinajstić information content (AvgIpc) is 3.18. The summed E-state index contributed by atoms with van der Waals surface area (Å²) in [5.74, 6) is -0.205. The van der Waals surface area contributed by atoms with Gasteiger partial charge in [-0.05, 0) is 55.5 Å². The standard InChI is InChI=1S/C24H25N3O3/c28-23(20-9-4-8-19-18-7-1-2-10-21(18)26-22(19)20)25-17-6-3-5-16(15-17)24(29)27-11-13-30-14-12-27/h3-6,8-9,15,26H,1-2,7,10-14H2,(H,25,28). The largest absolute Gasteiger partial charge is 0.378 e. The number of aromatic nitrogens is 1. The number of nitrogens with one attached hydrogen (secondary N) is 2. The predicted octanol–water partition coefficient (Wildman–Crippen LogP) is 3.77. The molecule has 0 saturated carbocycles. The van der Waals surface area contributed by atoms with Gasteiger partial charge in [-0.1, -0.05) is 18.2 Å². The van der Waals surface area contributed by atoms with Gasteiger partial charge in [-0.15, -0.1) is 0 Å². The van der Waals surface area contributed by atoms with Crippen LogP contribution in [0.5, 0.6) is 0 Å². The van der Waals surface area contributed by atoms with Crippen molar-refractivity contribution in [1.29, 1.82) is 0 Å². The van der Waals surface area contributed by atoms with Crippen LogP contribution in [0.3, 0.4) is 0 Å². The minimum Gasteiger partial charge on any atom is -0.378 e. The lowest BCUT2D eigenvalue weighted by atomic mass is 9.95. The molecule has 2 N–H and O–H groups in total. The maximum atomic E-state index is 13.1. The lowest BCUT2D eigenvalue weighted by Gasteiger charge is -2.27. The number of hydrogen-bond acceptors (Lipinski definition) is 3. The van der Waals surface area contributed by atoms with Crippen LogP contribution in [0.4, 0.5) is 5.69 Å². The lowest BCUT2D eigenvalue weighted by molar-refractivity contribution is 0.0303. The van der Waals surface area contributed by atoms with E-state index < -0.39 is 0 Å². The second-order valence-electron chi connectivity index (χ2n) is 7.96. The number of carbonyl (C=O) groups excluding carboxylic acids is 2. The SMILES string of the molecule is O=C(Nc1cccc(C(=O)N2CCOCC2)c1)c1cccc2c3c([nH]c12)CCCC3. The molecular formula is C24H25N3O3. The maximum Gasteiger partial charge on any atom is 0.257 e. The Bertz CT molecular complexity index is 1110. The summed E-state index contributed by atoms with van der Waals surface area (Å²) >= 11 is 0. The highest BCUT2D eigenvalue weighted by atomic mass is 16.5. The van der Waals surface area contributed by atoms with Crippen molar-refractivity contribution in [3.8, 4) is 0 Å². The van der Waals surface area contributed by atoms with Crippen LogP contribution in [0.25, 0.3) is 10.9 Å². The number of morpholine rings is 1. The van der Waals surface area contributed by atoms with Crippen molar-refractivity contribution < 1.29 is 14.3 Å². The van der Waals surface area contributed by atoms with E-state index in [0.29, 0.717) is 43.1 Å². The molecule has 1 saturated heterocycles. The number of hydrogen-bond donors (Lipinski definition) is 2. The molecule has 0 atom stereocenters. The lowest BCUT2D eigenvalue weighted by Crippen LogP contribution is -2.40. The average molecular weight is 403 g/mol. The molecule has 0 bridgehead atoms. The Kier molecular flexibility index (Phi) is 5.01. The summed E-state index contributed by atoms with van der Waals surface area (Å²) in [6, 6.07) is 13.0. The maximum absolute atomic E-state index is 13.1. The van der Waals surface area contributed by atoms with E-state index >= 15 is 0 Å². The van der Waals surface area contributed by atoms with E-state index in [9.17, 15) is 9.59 Å². The molecule has 1 fully saturated rings. The Morgan fingerprint density at radius 3 is 2.67 bits per heavy atom. The minimum atomic E-state index is -0.171. The summed E-state index contributed by atoms with van der Waals surface area (Å²) < 4.78 is 5.32. The van der Waals surface area contributed by atoms with Gasteiger partial charge in [-0.3, -0.25) is 9.59 Å². The van der Waals surface area contributed by atoms with Gasteiger partial charge in [0.05, 0.1) is 24.3 Å². The third-order valence-corrected chi connectivity index (χ3v) is 6.04. The first-order chi connectivity index (χ1) is 14.7. The molecule has 5 rings (SSSR count). The van der Waals surface area contributed by atoms with Gasteiger partial charge in [-0.2, -0.15) is 0 Å². The van der Waals surface area contributed by atoms with Crippen LogP contribution in [0.15, 0.2) is 42.5 Å². The molecule has 3 aromatic rings. The van der Waals surface area contributed by atoms with Crippen LogP contribution in [-0.4, -0.2) is 48.0 Å². The molecular weight excluding hydrogens is 378 g/mol. The quantitative estimate of drug-likeness (QED) is 0.699. The summed E-state index contributed by atoms with van der Waals surface area (Å²) in [5, 5.41) is 4.12. The van der Waals surface area contributed by atoms with Gasteiger partial charge in [0.25, 0.3) is 11.8 Å². The first-order valence-corrected chi connectivity index (χ1v) is 10.6. The van der Waals surface area contributed by atoms with Crippen molar-refractivity contribution in [2.75, 3.05) is 31.6 Å². The van der Waals surface area contributed by atoms with Gasteiger partial charge in [0.2, 0.25) is 0 Å². The number of ether oxygens (including phenoxy) is 1. The van der Waals surface area contributed by atoms with Crippen molar-refractivity contribution in [2.45, 2.75) is 25.7 Å². The summed E-state index contributed by atoms with van der Waals surface area (Å²) in [5.41, 5.74) is 5.34. The summed E-state index contributed by atoms with van der Waals surface area (Å²) in [6.45, 7) is 2.31. The second kappa shape index (κ2) is 7.95. The molecule has 0 radical (unpaired) electrons. The number of aromatic amines is 1. The van der Waals surface area contributed by atoms with E-state index in [-0.39, 0.29) is 11.8 Å². The van der Waals surface area contributed by atoms with E-state index in [4.69, 9.17) is 4.74 Å². The van der Waals surface area contributed by atoms with Crippen molar-refractivity contribution in [1.82, 2.24) is 9.88 Å². The molecule has 2 amide bonds. The normalized spacial score (nSPS) is 16.3. The second-order valence-corrected chi connectivity index (χ2v) is 7.96. The Hall–Kier alpha value is -3.12. The van der Waals surface area contributed by atoms with Gasteiger partial charge < -0.3 is 19.9 Å². The highest BCUT2D eigenvalue weighted by molar-refractivity contribution is 6.13. The first kappa shape index (κ1) is 18.9. The molecule has 1 aliphatic heterocycles. The fourth-order valence-corrected chi connectivity index (χ4v) is 4.50. The van der Waals surface area contributed by atoms with Gasteiger partial charge in [-0.25, -0.2) is 0 Å². The first-order valence-electron chi connectivity index (χ1n) is 10.6. The smallest absolute Gasteiger partial charge is 0.257 e. The van der Waals surface area contributed by atoms with Crippen LogP contribution in [0.2, 0.25) is 0 Å². The fourth-order valence-electron chi connectivity index (χ4n) is 4.50. The molecule has 30 heavy (non-hydrogen) atoms. The fraction of sp³-hybridized carbons (Fsp3) is 0.333. The number of nitrogens with zero attached hydrogens (tertiary/aromatic N) is 1. The number of aryl methyl sites for hydroxylation is 2. The molecule has 2 aliphatic rings. The van der Waals surface area contributed by atoms with Crippen LogP contribution < -0.4 is 5.32 Å². The van der Waals surface area contributed by atoms with Crippen LogP contribution in [0, 0.1) is 0 Å². The molecule has 0 unspecified atom stereocenters. The molecule has 2 heterocycles. The molecule has 6 heteroatoms. The third kappa shape index (κ3) is 3.48. The zero-order valence-electron chi connectivity index (χ0n) is 16.9. The number of benzene rings is 2. The number of anilines is 1. The monoisotopic (exact) mass is 403 g/mol. The Morgan fingerprint density at radius 2 is 1.80 bits per heavy atom. The molecule has 6 nitrogen and oxygen atoms in total. The molecule has 1 aromatic heterocycles. The van der Waals surface area contributed by atoms with Crippen molar-refractivity contribution in [3.63, 3.8) is 0 Å². The Labute approximate surface area is 175 Å². The van der Waals surface area contributed by atoms with Gasteiger partial charge in [0.15, 0.2) is 0 Å². The van der Waals surface area contributed by atoms with E-state index in [1.54, 1.807) is 23.1 Å². The van der Waals surface area contributed by atoms with Gasteiger partial charge >= 0.3 is 0 Å². The highest BCUT2D eigenvalue weighted by Gasteiger charge is 2.21. The van der Waals surface area contributed by atoms with E-state index in [1.807, 2.05) is 18.2 Å². The van der Waals surface area contributed by atoms with Crippen molar-refractivity contribution in [2.24, 2.45) is 0 Å². The summed E-state index contributed by atoms with van der Waals surface area (Å²) in [4.78, 5) is 31.1. The highest BCUT2D eigenvalue weighted by Crippen LogP contribution is 2.31. The van der Waals surface area contributed by atoms with Gasteiger partial charge in [0, 0.05) is 35.4 Å². The molecule has 2 aromatic carbocycles. The zero-order chi connectivity index (χ0) is 20.5. The number of rotatable bonds is 3. The molecule has 154 valence electrons. The van der Waals surface area contributed by atoms with E-state index in [2.05, 4.69) is 16.4 Å². The van der Waals surface area contributed by atoms with Crippen LogP contribution in [-0.2, 0) is 17.6 Å². The van der Waals surface area contributed by atoms with Crippen LogP contribution in [0.1, 0.15) is 44.8 Å². The Balaban J connectivity index is 1.39. The number of amides is 2. The summed E-state index contributed by atoms with van der Waals surface area (Å²) in [6.07, 6.45) is 4.48. The third-order valence-electron chi connectivity index (χ3n) is 6.04. The van der Waals surface area contributed by atoms with Gasteiger partial charge in [0.1, 0.15) is 0 Å². The van der Waals surface area contributed by atoms with Crippen molar-refractivity contribution >= 4 is 28.4 Å². The number of H-pyrrole nitrogens is 1. The Morgan fingerprint density at radius 1 is 1.00 bits per heavy atom. The predicted molar refractivity (Wildman–Crippen MR) is 116 cm³/mol. The van der Waals surface area contributed by atoms with E-state index in [0.717, 1.165) is 23.7 Å². The number of carbonyl (C=O) groups is 2. The minimum absolute atomic E-state index is 0.0338. The molecule has 1 aliphatic carbocycles. The van der Waals surface area contributed by atoms with Crippen molar-refractivity contribution in [3.05, 3.63) is 64.8 Å². The zero-order valence-corrected chi connectivity index (χ0v) is 16.9. The van der Waals surface area contributed by atoms with E-state index in [1.165, 1.54) is 24.1 Å². The number of para-hydroxylation sites is 1. The van der Waals surface area contributed by atoms with Crippen LogP contribution >= 0.6 is 0 Å². The summed E-state index contributed by atoms with van der Waals surface area (Å²) in [7, 11) is 0. The topological polar surface area (TPSA) is 74.4 Å². The number of fused-ring (bicyclic) bond motifs is 3.